The van der Waals surface area contributed by atoms with Crippen molar-refractivity contribution in [3.63, 3.8) is 0 Å². The van der Waals surface area contributed by atoms with Crippen LogP contribution in [0, 0.1) is 0 Å². The minimum atomic E-state index is -0.430. The van der Waals surface area contributed by atoms with Crippen molar-refractivity contribution in [2.75, 3.05) is 6.61 Å². The van der Waals surface area contributed by atoms with E-state index < -0.39 is 6.09 Å². The Morgan fingerprint density at radius 3 is 2.89 bits per heavy atom. The van der Waals surface area contributed by atoms with E-state index in [1.807, 2.05) is 41.1 Å². The third-order valence-corrected chi connectivity index (χ3v) is 2.42. The monoisotopic (exact) mass is 245 g/mol. The first-order chi connectivity index (χ1) is 8.81. The van der Waals surface area contributed by atoms with Gasteiger partial charge >= 0.3 is 6.09 Å². The third kappa shape index (κ3) is 2.88. The minimum Gasteiger partial charge on any atom is -0.450 e. The van der Waals surface area contributed by atoms with Gasteiger partial charge in [0.2, 0.25) is 0 Å². The lowest BCUT2D eigenvalue weighted by Crippen LogP contribution is -2.25. The Balaban J connectivity index is 2.07. The maximum Gasteiger partial charge on any atom is 0.407 e. The highest BCUT2D eigenvalue weighted by Crippen LogP contribution is 2.09. The van der Waals surface area contributed by atoms with Crippen molar-refractivity contribution in [1.82, 2.24) is 14.9 Å². The molecule has 1 aromatic carbocycles. The molecule has 5 nitrogen and oxygen atoms in total. The highest BCUT2D eigenvalue weighted by Gasteiger charge is 2.06. The largest absolute Gasteiger partial charge is 0.450 e. The van der Waals surface area contributed by atoms with E-state index >= 15 is 0 Å². The number of alkyl carbamates (subject to hydrolysis) is 1. The van der Waals surface area contributed by atoms with Gasteiger partial charge in [-0.25, -0.2) is 9.78 Å². The van der Waals surface area contributed by atoms with Gasteiger partial charge in [-0.2, -0.15) is 0 Å². The van der Waals surface area contributed by atoms with Crippen molar-refractivity contribution in [3.05, 3.63) is 48.5 Å². The van der Waals surface area contributed by atoms with Crippen molar-refractivity contribution in [3.8, 4) is 5.69 Å². The number of carbonyl (C=O) groups is 1. The first kappa shape index (κ1) is 12.2. The second-order valence-corrected chi connectivity index (χ2v) is 3.62. The van der Waals surface area contributed by atoms with Gasteiger partial charge in [0.05, 0.1) is 13.2 Å². The van der Waals surface area contributed by atoms with Crippen LogP contribution < -0.4 is 5.32 Å². The Morgan fingerprint density at radius 2 is 2.17 bits per heavy atom. The number of amides is 1. The van der Waals surface area contributed by atoms with Gasteiger partial charge in [0.1, 0.15) is 5.82 Å². The summed E-state index contributed by atoms with van der Waals surface area (Å²) in [7, 11) is 0. The lowest BCUT2D eigenvalue weighted by Gasteiger charge is -2.08. The average molecular weight is 245 g/mol. The van der Waals surface area contributed by atoms with E-state index in [2.05, 4.69) is 10.3 Å². The van der Waals surface area contributed by atoms with Gasteiger partial charge in [-0.1, -0.05) is 18.2 Å². The quantitative estimate of drug-likeness (QED) is 0.897. The van der Waals surface area contributed by atoms with Gasteiger partial charge in [0.25, 0.3) is 0 Å². The molecular formula is C13H15N3O2. The lowest BCUT2D eigenvalue weighted by atomic mass is 10.3. The number of imidazole rings is 1. The Labute approximate surface area is 105 Å². The lowest BCUT2D eigenvalue weighted by molar-refractivity contribution is 0.151. The molecule has 0 unspecified atom stereocenters. The normalized spacial score (nSPS) is 10.1. The summed E-state index contributed by atoms with van der Waals surface area (Å²) in [6.45, 7) is 2.46. The van der Waals surface area contributed by atoms with Gasteiger partial charge in [-0.05, 0) is 19.1 Å². The van der Waals surface area contributed by atoms with E-state index in [9.17, 15) is 4.79 Å². The van der Waals surface area contributed by atoms with Crippen molar-refractivity contribution >= 4 is 6.09 Å². The van der Waals surface area contributed by atoms with Gasteiger partial charge in [-0.15, -0.1) is 0 Å². The smallest absolute Gasteiger partial charge is 0.407 e. The molecule has 0 radical (unpaired) electrons. The Hall–Kier alpha value is -2.30. The molecule has 0 aliphatic heterocycles. The van der Waals surface area contributed by atoms with Gasteiger partial charge in [0, 0.05) is 18.1 Å². The van der Waals surface area contributed by atoms with Crippen LogP contribution >= 0.6 is 0 Å². The molecule has 2 rings (SSSR count). The number of rotatable bonds is 4. The zero-order valence-electron chi connectivity index (χ0n) is 10.2. The van der Waals surface area contributed by atoms with Gasteiger partial charge in [0.15, 0.2) is 0 Å². The molecule has 0 atom stereocenters. The number of para-hydroxylation sites is 1. The highest BCUT2D eigenvalue weighted by atomic mass is 16.5. The zero-order chi connectivity index (χ0) is 12.8. The summed E-state index contributed by atoms with van der Waals surface area (Å²) >= 11 is 0. The third-order valence-electron chi connectivity index (χ3n) is 2.42. The summed E-state index contributed by atoms with van der Waals surface area (Å²) in [5.41, 5.74) is 1.01. The minimum absolute atomic E-state index is 0.334. The summed E-state index contributed by atoms with van der Waals surface area (Å²) in [5, 5.41) is 2.65. The van der Waals surface area contributed by atoms with E-state index in [0.29, 0.717) is 13.2 Å². The van der Waals surface area contributed by atoms with Crippen molar-refractivity contribution in [2.24, 2.45) is 0 Å². The standard InChI is InChI=1S/C13H15N3O2/c1-2-18-13(17)15-10-12-14-8-9-16(12)11-6-4-3-5-7-11/h3-9H,2,10H2,1H3,(H,15,17). The summed E-state index contributed by atoms with van der Waals surface area (Å²) in [6.07, 6.45) is 3.13. The van der Waals surface area contributed by atoms with Crippen LogP contribution in [0.1, 0.15) is 12.7 Å². The van der Waals surface area contributed by atoms with Crippen molar-refractivity contribution < 1.29 is 9.53 Å². The summed E-state index contributed by atoms with van der Waals surface area (Å²) in [4.78, 5) is 15.4. The molecule has 0 saturated heterocycles. The van der Waals surface area contributed by atoms with Crippen LogP contribution in [0.2, 0.25) is 0 Å². The van der Waals surface area contributed by atoms with Gasteiger partial charge in [-0.3, -0.25) is 0 Å². The molecule has 0 fully saturated rings. The molecule has 5 heteroatoms. The molecule has 0 spiro atoms. The van der Waals surface area contributed by atoms with Gasteiger partial charge < -0.3 is 14.6 Å². The molecule has 0 bridgehead atoms. The number of hydrogen-bond acceptors (Lipinski definition) is 3. The summed E-state index contributed by atoms with van der Waals surface area (Å²) in [6, 6.07) is 9.83. The fourth-order valence-electron chi connectivity index (χ4n) is 1.62. The van der Waals surface area contributed by atoms with E-state index in [4.69, 9.17) is 4.74 Å². The SMILES string of the molecule is CCOC(=O)NCc1nccn1-c1ccccc1. The molecule has 18 heavy (non-hydrogen) atoms. The average Bonchev–Trinajstić information content (AvgIpc) is 2.86. The number of benzene rings is 1. The predicted molar refractivity (Wildman–Crippen MR) is 67.4 cm³/mol. The second-order valence-electron chi connectivity index (χ2n) is 3.62. The maximum absolute atomic E-state index is 11.2. The topological polar surface area (TPSA) is 56.1 Å². The van der Waals surface area contributed by atoms with Crippen LogP contribution in [0.5, 0.6) is 0 Å². The number of hydrogen-bond donors (Lipinski definition) is 1. The Kier molecular flexibility index (Phi) is 3.96. The Bertz CT molecular complexity index is 508. The van der Waals surface area contributed by atoms with E-state index in [-0.39, 0.29) is 0 Å². The van der Waals surface area contributed by atoms with Crippen LogP contribution in [0.25, 0.3) is 5.69 Å². The van der Waals surface area contributed by atoms with E-state index in [1.54, 1.807) is 13.1 Å². The van der Waals surface area contributed by atoms with Crippen LogP contribution in [-0.4, -0.2) is 22.3 Å². The first-order valence-corrected chi connectivity index (χ1v) is 5.79. The number of carbonyl (C=O) groups excluding carboxylic acids is 1. The van der Waals surface area contributed by atoms with Crippen LogP contribution in [0.4, 0.5) is 4.79 Å². The van der Waals surface area contributed by atoms with E-state index in [0.717, 1.165) is 11.5 Å². The summed E-state index contributed by atoms with van der Waals surface area (Å²) in [5.74, 6) is 0.759. The van der Waals surface area contributed by atoms with E-state index in [1.165, 1.54) is 0 Å². The predicted octanol–water partition coefficient (Wildman–Crippen LogP) is 2.12. The number of ether oxygens (including phenoxy) is 1. The maximum atomic E-state index is 11.2. The Morgan fingerprint density at radius 1 is 1.39 bits per heavy atom. The fourth-order valence-corrected chi connectivity index (χ4v) is 1.62. The second kappa shape index (κ2) is 5.86. The molecule has 0 aliphatic carbocycles. The molecule has 2 aromatic rings. The van der Waals surface area contributed by atoms with Crippen LogP contribution in [-0.2, 0) is 11.3 Å². The van der Waals surface area contributed by atoms with Crippen molar-refractivity contribution in [1.29, 1.82) is 0 Å². The number of nitrogens with one attached hydrogen (secondary N) is 1. The molecule has 1 amide bonds. The fraction of sp³-hybridized carbons (Fsp3) is 0.231. The molecular weight excluding hydrogens is 230 g/mol. The van der Waals surface area contributed by atoms with Crippen LogP contribution in [0.3, 0.4) is 0 Å². The zero-order valence-corrected chi connectivity index (χ0v) is 10.2. The summed E-state index contributed by atoms with van der Waals surface area (Å²) < 4.78 is 6.72. The highest BCUT2D eigenvalue weighted by molar-refractivity contribution is 5.66. The first-order valence-electron chi connectivity index (χ1n) is 5.79. The molecule has 1 heterocycles. The molecule has 1 N–H and O–H groups in total. The number of nitrogens with zero attached hydrogens (tertiary/aromatic N) is 2. The van der Waals surface area contributed by atoms with Crippen LogP contribution in [0.15, 0.2) is 42.7 Å². The van der Waals surface area contributed by atoms with Crippen molar-refractivity contribution in [2.45, 2.75) is 13.5 Å². The molecule has 94 valence electrons. The molecule has 0 aliphatic rings. The molecule has 0 saturated carbocycles. The molecule has 1 aromatic heterocycles. The number of aromatic nitrogens is 2.